The number of hydrogen-bond donors (Lipinski definition) is 1. The van der Waals surface area contributed by atoms with Crippen LogP contribution < -0.4 is 15.0 Å². The normalized spacial score (nSPS) is 10.6. The standard InChI is InChI=1S/C22H29N3O3/c1-18(26)25(15-13-22(27)23-14-16-24(2)3)20-9-11-21(12-10-20)28-17-19-7-5-4-6-8-19/h4-12H,13-17H2,1-3H3,(H,23,27). The lowest BCUT2D eigenvalue weighted by Gasteiger charge is -2.21. The number of hydrogen-bond acceptors (Lipinski definition) is 4. The van der Waals surface area contributed by atoms with Gasteiger partial charge in [-0.2, -0.15) is 0 Å². The molecule has 0 unspecified atom stereocenters. The smallest absolute Gasteiger partial charge is 0.223 e. The maximum atomic E-state index is 12.0. The minimum absolute atomic E-state index is 0.0593. The molecular formula is C22H29N3O3. The van der Waals surface area contributed by atoms with E-state index in [0.717, 1.165) is 23.5 Å². The number of nitrogens with zero attached hydrogens (tertiary/aromatic N) is 2. The van der Waals surface area contributed by atoms with Crippen molar-refractivity contribution in [3.8, 4) is 5.75 Å². The van der Waals surface area contributed by atoms with Crippen molar-refractivity contribution < 1.29 is 14.3 Å². The summed E-state index contributed by atoms with van der Waals surface area (Å²) in [6.45, 7) is 3.72. The van der Waals surface area contributed by atoms with E-state index in [1.165, 1.54) is 6.92 Å². The Morgan fingerprint density at radius 2 is 1.64 bits per heavy atom. The predicted octanol–water partition coefficient (Wildman–Crippen LogP) is 2.69. The molecule has 6 nitrogen and oxygen atoms in total. The van der Waals surface area contributed by atoms with Crippen molar-refractivity contribution in [1.29, 1.82) is 0 Å². The summed E-state index contributed by atoms with van der Waals surface area (Å²) in [4.78, 5) is 27.6. The largest absolute Gasteiger partial charge is 0.489 e. The summed E-state index contributed by atoms with van der Waals surface area (Å²) >= 11 is 0. The molecule has 0 fully saturated rings. The van der Waals surface area contributed by atoms with Crippen LogP contribution in [-0.4, -0.2) is 50.4 Å². The predicted molar refractivity (Wildman–Crippen MR) is 111 cm³/mol. The Bertz CT molecular complexity index is 745. The zero-order valence-electron chi connectivity index (χ0n) is 16.9. The molecule has 2 amide bonds. The van der Waals surface area contributed by atoms with E-state index in [1.54, 1.807) is 4.90 Å². The molecule has 0 bridgehead atoms. The van der Waals surface area contributed by atoms with E-state index < -0.39 is 0 Å². The van der Waals surface area contributed by atoms with E-state index in [0.29, 0.717) is 19.7 Å². The van der Waals surface area contributed by atoms with Crippen LogP contribution >= 0.6 is 0 Å². The van der Waals surface area contributed by atoms with E-state index in [9.17, 15) is 9.59 Å². The van der Waals surface area contributed by atoms with Gasteiger partial charge in [0.05, 0.1) is 0 Å². The lowest BCUT2D eigenvalue weighted by atomic mass is 10.2. The molecular weight excluding hydrogens is 354 g/mol. The number of benzene rings is 2. The van der Waals surface area contributed by atoms with Crippen LogP contribution in [0.2, 0.25) is 0 Å². The van der Waals surface area contributed by atoms with E-state index in [4.69, 9.17) is 4.74 Å². The lowest BCUT2D eigenvalue weighted by molar-refractivity contribution is -0.121. The molecule has 0 saturated heterocycles. The van der Waals surface area contributed by atoms with Crippen molar-refractivity contribution in [2.45, 2.75) is 20.0 Å². The molecule has 28 heavy (non-hydrogen) atoms. The Hall–Kier alpha value is -2.86. The van der Waals surface area contributed by atoms with Crippen LogP contribution in [0.1, 0.15) is 18.9 Å². The van der Waals surface area contributed by atoms with E-state index in [2.05, 4.69) is 5.32 Å². The Kier molecular flexibility index (Phi) is 8.49. The van der Waals surface area contributed by atoms with E-state index in [-0.39, 0.29) is 18.2 Å². The van der Waals surface area contributed by atoms with Crippen molar-refractivity contribution in [3.05, 3.63) is 60.2 Å². The van der Waals surface area contributed by atoms with Gasteiger partial charge >= 0.3 is 0 Å². The van der Waals surface area contributed by atoms with Crippen molar-refractivity contribution >= 4 is 17.5 Å². The second kappa shape index (κ2) is 11.1. The molecule has 150 valence electrons. The molecule has 0 radical (unpaired) electrons. The average molecular weight is 383 g/mol. The number of carbonyl (C=O) groups is 2. The molecule has 1 N–H and O–H groups in total. The summed E-state index contributed by atoms with van der Waals surface area (Å²) in [6.07, 6.45) is 0.263. The molecule has 0 saturated carbocycles. The number of rotatable bonds is 10. The third-order valence-electron chi connectivity index (χ3n) is 4.22. The highest BCUT2D eigenvalue weighted by molar-refractivity contribution is 5.92. The Morgan fingerprint density at radius 3 is 2.25 bits per heavy atom. The first-order chi connectivity index (χ1) is 13.5. The zero-order valence-corrected chi connectivity index (χ0v) is 16.9. The molecule has 2 rings (SSSR count). The number of carbonyl (C=O) groups excluding carboxylic acids is 2. The van der Waals surface area contributed by atoms with Crippen molar-refractivity contribution in [3.63, 3.8) is 0 Å². The summed E-state index contributed by atoms with van der Waals surface area (Å²) in [6, 6.07) is 17.3. The maximum Gasteiger partial charge on any atom is 0.223 e. The van der Waals surface area contributed by atoms with E-state index in [1.807, 2.05) is 73.6 Å². The highest BCUT2D eigenvalue weighted by atomic mass is 16.5. The van der Waals surface area contributed by atoms with Crippen molar-refractivity contribution in [1.82, 2.24) is 10.2 Å². The van der Waals surface area contributed by atoms with Gasteiger partial charge in [0.2, 0.25) is 11.8 Å². The van der Waals surface area contributed by atoms with Gasteiger partial charge in [-0.25, -0.2) is 0 Å². The Balaban J connectivity index is 1.87. The van der Waals surface area contributed by atoms with Gasteiger partial charge in [-0.1, -0.05) is 30.3 Å². The fourth-order valence-electron chi connectivity index (χ4n) is 2.65. The summed E-state index contributed by atoms with van der Waals surface area (Å²) in [5.41, 5.74) is 1.85. The van der Waals surface area contributed by atoms with Crippen LogP contribution in [0.25, 0.3) is 0 Å². The van der Waals surface area contributed by atoms with Crippen LogP contribution in [0, 0.1) is 0 Å². The molecule has 0 aliphatic heterocycles. The molecule has 0 atom stereocenters. The van der Waals surface area contributed by atoms with Gasteiger partial charge in [-0.15, -0.1) is 0 Å². The van der Waals surface area contributed by atoms with Gasteiger partial charge in [0.15, 0.2) is 0 Å². The minimum atomic E-state index is -0.0981. The molecule has 0 spiro atoms. The lowest BCUT2D eigenvalue weighted by Crippen LogP contribution is -2.36. The second-order valence-electron chi connectivity index (χ2n) is 6.84. The third kappa shape index (κ3) is 7.40. The van der Waals surface area contributed by atoms with Gasteiger partial charge in [-0.3, -0.25) is 9.59 Å². The maximum absolute atomic E-state index is 12.0. The molecule has 2 aromatic rings. The SMILES string of the molecule is CC(=O)N(CCC(=O)NCCN(C)C)c1ccc(OCc2ccccc2)cc1. The van der Waals surface area contributed by atoms with Crippen molar-refractivity contribution in [2.75, 3.05) is 38.6 Å². The number of likely N-dealkylation sites (N-methyl/N-ethyl adjacent to an activating group) is 1. The fraction of sp³-hybridized carbons (Fsp3) is 0.364. The monoisotopic (exact) mass is 383 g/mol. The summed E-state index contributed by atoms with van der Waals surface area (Å²) in [5.74, 6) is 0.576. The zero-order chi connectivity index (χ0) is 20.4. The van der Waals surface area contributed by atoms with Gasteiger partial charge < -0.3 is 19.9 Å². The van der Waals surface area contributed by atoms with Gasteiger partial charge in [0.25, 0.3) is 0 Å². The van der Waals surface area contributed by atoms with E-state index >= 15 is 0 Å². The molecule has 6 heteroatoms. The topological polar surface area (TPSA) is 61.9 Å². The molecule has 0 aliphatic rings. The number of anilines is 1. The molecule has 2 aromatic carbocycles. The van der Waals surface area contributed by atoms with Crippen LogP contribution in [0.15, 0.2) is 54.6 Å². The fourth-order valence-corrected chi connectivity index (χ4v) is 2.65. The molecule has 0 heterocycles. The summed E-state index contributed by atoms with van der Waals surface area (Å²) in [5, 5.41) is 2.86. The number of amides is 2. The first-order valence-electron chi connectivity index (χ1n) is 9.42. The first-order valence-corrected chi connectivity index (χ1v) is 9.42. The van der Waals surface area contributed by atoms with Crippen LogP contribution in [0.4, 0.5) is 5.69 Å². The van der Waals surface area contributed by atoms with Crippen LogP contribution in [0.3, 0.4) is 0 Å². The molecule has 0 aromatic heterocycles. The summed E-state index contributed by atoms with van der Waals surface area (Å²) in [7, 11) is 3.91. The number of ether oxygens (including phenoxy) is 1. The highest BCUT2D eigenvalue weighted by Crippen LogP contribution is 2.21. The Labute approximate surface area is 167 Å². The van der Waals surface area contributed by atoms with Crippen LogP contribution in [-0.2, 0) is 16.2 Å². The van der Waals surface area contributed by atoms with Gasteiger partial charge in [0.1, 0.15) is 12.4 Å². The van der Waals surface area contributed by atoms with Gasteiger partial charge in [-0.05, 0) is 43.9 Å². The van der Waals surface area contributed by atoms with Gasteiger partial charge in [0, 0.05) is 38.7 Å². The molecule has 0 aliphatic carbocycles. The van der Waals surface area contributed by atoms with Crippen LogP contribution in [0.5, 0.6) is 5.75 Å². The first kappa shape index (κ1) is 21.4. The summed E-state index contributed by atoms with van der Waals surface area (Å²) < 4.78 is 5.78. The quantitative estimate of drug-likeness (QED) is 0.685. The van der Waals surface area contributed by atoms with Crippen molar-refractivity contribution in [2.24, 2.45) is 0 Å². The minimum Gasteiger partial charge on any atom is -0.489 e. The average Bonchev–Trinajstić information content (AvgIpc) is 2.67. The Morgan fingerprint density at radius 1 is 0.964 bits per heavy atom. The third-order valence-corrected chi connectivity index (χ3v) is 4.22. The second-order valence-corrected chi connectivity index (χ2v) is 6.84. The number of nitrogens with one attached hydrogen (secondary N) is 1. The highest BCUT2D eigenvalue weighted by Gasteiger charge is 2.13.